The van der Waals surface area contributed by atoms with Crippen LogP contribution in [0.25, 0.3) is 0 Å². The van der Waals surface area contributed by atoms with Crippen LogP contribution in [0.5, 0.6) is 0 Å². The van der Waals surface area contributed by atoms with Gasteiger partial charge in [0, 0.05) is 19.6 Å². The number of aliphatic hydroxyl groups is 2. The third-order valence-electron chi connectivity index (χ3n) is 3.88. The molecule has 8 heteroatoms. The highest BCUT2D eigenvalue weighted by Crippen LogP contribution is 2.25. The fourth-order valence-electron chi connectivity index (χ4n) is 2.86. The van der Waals surface area contributed by atoms with Gasteiger partial charge in [0.15, 0.2) is 0 Å². The number of nitrogens with zero attached hydrogens (tertiary/aromatic N) is 2. The first-order valence-electron chi connectivity index (χ1n) is 7.01. The number of carbonyl (C=O) groups is 1. The number of carbonyl (C=O) groups excluding carboxylic acids is 1. The zero-order valence-electron chi connectivity index (χ0n) is 11.6. The molecule has 0 radical (unpaired) electrons. The van der Waals surface area contributed by atoms with Crippen LogP contribution in [0.4, 0.5) is 0 Å². The Balaban J connectivity index is 2.09. The Labute approximate surface area is 119 Å². The Kier molecular flexibility index (Phi) is 4.68. The smallest absolute Gasteiger partial charge is 0.241 e. The minimum Gasteiger partial charge on any atom is -0.388 e. The number of aliphatic hydroxyl groups excluding tert-OH is 2. The highest BCUT2D eigenvalue weighted by Gasteiger charge is 2.42. The van der Waals surface area contributed by atoms with Gasteiger partial charge >= 0.3 is 0 Å². The van der Waals surface area contributed by atoms with Crippen molar-refractivity contribution in [2.45, 2.75) is 44.4 Å². The second kappa shape index (κ2) is 5.97. The Hall–Kier alpha value is -0.700. The Morgan fingerprint density at radius 1 is 1.25 bits per heavy atom. The number of rotatable bonds is 4. The topological polar surface area (TPSA) is 98.2 Å². The van der Waals surface area contributed by atoms with Crippen molar-refractivity contribution in [3.8, 4) is 0 Å². The zero-order chi connectivity index (χ0) is 14.9. The average Bonchev–Trinajstić information content (AvgIpc) is 2.97. The summed E-state index contributed by atoms with van der Waals surface area (Å²) in [6, 6.07) is -0.677. The molecule has 2 saturated heterocycles. The molecule has 2 N–H and O–H groups in total. The van der Waals surface area contributed by atoms with Gasteiger partial charge in [-0.15, -0.1) is 0 Å². The van der Waals surface area contributed by atoms with Crippen LogP contribution < -0.4 is 0 Å². The quantitative estimate of drug-likeness (QED) is 0.676. The van der Waals surface area contributed by atoms with Gasteiger partial charge in [-0.25, -0.2) is 8.42 Å². The molecule has 0 aromatic rings. The minimum absolute atomic E-state index is 0.0437. The van der Waals surface area contributed by atoms with Crippen molar-refractivity contribution in [3.63, 3.8) is 0 Å². The van der Waals surface area contributed by atoms with E-state index in [0.717, 1.165) is 0 Å². The Morgan fingerprint density at radius 2 is 1.85 bits per heavy atom. The molecule has 2 aliphatic heterocycles. The van der Waals surface area contributed by atoms with Crippen LogP contribution in [0.3, 0.4) is 0 Å². The molecule has 0 spiro atoms. The summed E-state index contributed by atoms with van der Waals surface area (Å²) in [5, 5.41) is 19.0. The number of β-amino-alcohol motifs (C(OH)–C–C–N with tert-alkyl or cyclic N) is 2. The lowest BCUT2D eigenvalue weighted by molar-refractivity contribution is -0.134. The third kappa shape index (κ3) is 2.98. The Morgan fingerprint density at radius 3 is 2.40 bits per heavy atom. The largest absolute Gasteiger partial charge is 0.388 e. The summed E-state index contributed by atoms with van der Waals surface area (Å²) in [5.74, 6) is -0.264. The van der Waals surface area contributed by atoms with E-state index in [2.05, 4.69) is 0 Å². The molecular formula is C12H22N2O5S. The highest BCUT2D eigenvalue weighted by molar-refractivity contribution is 7.89. The van der Waals surface area contributed by atoms with Crippen LogP contribution in [-0.4, -0.2) is 77.4 Å². The molecule has 2 rings (SSSR count). The molecule has 20 heavy (non-hydrogen) atoms. The van der Waals surface area contributed by atoms with Crippen molar-refractivity contribution >= 4 is 15.9 Å². The van der Waals surface area contributed by atoms with E-state index in [0.29, 0.717) is 25.8 Å². The fraction of sp³-hybridized carbons (Fsp3) is 0.917. The van der Waals surface area contributed by atoms with Crippen LogP contribution in [-0.2, 0) is 14.8 Å². The van der Waals surface area contributed by atoms with E-state index in [1.165, 1.54) is 9.21 Å². The molecule has 0 aliphatic carbocycles. The van der Waals surface area contributed by atoms with E-state index in [9.17, 15) is 23.4 Å². The van der Waals surface area contributed by atoms with Crippen LogP contribution in [0, 0.1) is 0 Å². The van der Waals surface area contributed by atoms with Crippen molar-refractivity contribution in [2.75, 3.05) is 25.4 Å². The van der Waals surface area contributed by atoms with E-state index in [-0.39, 0.29) is 24.7 Å². The lowest BCUT2D eigenvalue weighted by Gasteiger charge is -2.27. The molecule has 3 atom stereocenters. The second-order valence-corrected chi connectivity index (χ2v) is 7.50. The summed E-state index contributed by atoms with van der Waals surface area (Å²) in [4.78, 5) is 13.8. The molecule has 2 fully saturated rings. The van der Waals surface area contributed by atoms with Crippen molar-refractivity contribution in [1.82, 2.24) is 9.21 Å². The van der Waals surface area contributed by atoms with E-state index in [4.69, 9.17) is 0 Å². The lowest BCUT2D eigenvalue weighted by atomic mass is 10.2. The summed E-state index contributed by atoms with van der Waals surface area (Å²) in [7, 11) is -3.40. The maximum Gasteiger partial charge on any atom is 0.241 e. The van der Waals surface area contributed by atoms with Gasteiger partial charge in [0.05, 0.1) is 18.0 Å². The van der Waals surface area contributed by atoms with Gasteiger partial charge < -0.3 is 15.1 Å². The summed E-state index contributed by atoms with van der Waals surface area (Å²) >= 11 is 0. The van der Waals surface area contributed by atoms with Crippen molar-refractivity contribution < 1.29 is 23.4 Å². The van der Waals surface area contributed by atoms with Gasteiger partial charge in [-0.3, -0.25) is 4.79 Å². The number of likely N-dealkylation sites (tertiary alicyclic amines) is 1. The summed E-state index contributed by atoms with van der Waals surface area (Å²) < 4.78 is 25.6. The fourth-order valence-corrected chi connectivity index (χ4v) is 4.60. The maximum atomic E-state index is 12.4. The first-order chi connectivity index (χ1) is 9.36. The summed E-state index contributed by atoms with van der Waals surface area (Å²) in [5.41, 5.74) is 0. The molecular weight excluding hydrogens is 284 g/mol. The first-order valence-corrected chi connectivity index (χ1v) is 8.62. The van der Waals surface area contributed by atoms with Crippen LogP contribution >= 0.6 is 0 Å². The number of hydrogen-bond acceptors (Lipinski definition) is 5. The van der Waals surface area contributed by atoms with Gasteiger partial charge in [-0.2, -0.15) is 4.31 Å². The maximum absolute atomic E-state index is 12.4. The summed E-state index contributed by atoms with van der Waals surface area (Å²) in [6.07, 6.45) is -0.203. The highest BCUT2D eigenvalue weighted by atomic mass is 32.2. The van der Waals surface area contributed by atoms with Crippen molar-refractivity contribution in [3.05, 3.63) is 0 Å². The average molecular weight is 306 g/mol. The minimum atomic E-state index is -3.40. The lowest BCUT2D eigenvalue weighted by Crippen LogP contribution is -2.48. The van der Waals surface area contributed by atoms with Crippen LogP contribution in [0.1, 0.15) is 26.2 Å². The summed E-state index contributed by atoms with van der Waals surface area (Å²) in [6.45, 7) is 2.30. The van der Waals surface area contributed by atoms with Crippen LogP contribution in [0.15, 0.2) is 0 Å². The van der Waals surface area contributed by atoms with Crippen LogP contribution in [0.2, 0.25) is 0 Å². The predicted molar refractivity (Wildman–Crippen MR) is 72.4 cm³/mol. The zero-order valence-corrected chi connectivity index (χ0v) is 12.4. The molecule has 0 aromatic heterocycles. The van der Waals surface area contributed by atoms with Crippen molar-refractivity contribution in [1.29, 1.82) is 0 Å². The van der Waals surface area contributed by atoms with Gasteiger partial charge in [0.2, 0.25) is 15.9 Å². The Bertz CT molecular complexity index is 456. The molecule has 1 unspecified atom stereocenters. The van der Waals surface area contributed by atoms with Gasteiger partial charge in [0.25, 0.3) is 0 Å². The normalized spacial score (nSPS) is 31.9. The molecule has 1 amide bonds. The van der Waals surface area contributed by atoms with Gasteiger partial charge in [0.1, 0.15) is 6.04 Å². The molecule has 0 aromatic carbocycles. The molecule has 0 bridgehead atoms. The number of hydrogen-bond donors (Lipinski definition) is 2. The molecule has 0 saturated carbocycles. The van der Waals surface area contributed by atoms with Gasteiger partial charge in [-0.1, -0.05) is 6.92 Å². The van der Waals surface area contributed by atoms with E-state index < -0.39 is 28.3 Å². The molecule has 7 nitrogen and oxygen atoms in total. The molecule has 2 heterocycles. The predicted octanol–water partition coefficient (Wildman–Crippen LogP) is -1.25. The number of amides is 1. The SMILES string of the molecule is CCCS(=O)(=O)N1CCCC1C(=O)N1C[C@@H](O)[C@@H](O)C1. The van der Waals surface area contributed by atoms with Crippen molar-refractivity contribution in [2.24, 2.45) is 0 Å². The molecule has 2 aliphatic rings. The first kappa shape index (κ1) is 15.7. The third-order valence-corrected chi connectivity index (χ3v) is 5.95. The number of sulfonamides is 1. The van der Waals surface area contributed by atoms with Gasteiger partial charge in [-0.05, 0) is 19.3 Å². The standard InChI is InChI=1S/C12H22N2O5S/c1-2-6-20(18,19)14-5-3-4-9(14)12(17)13-7-10(15)11(16)8-13/h9-11,15-16H,2-8H2,1H3/t9?,10-,11+. The van der Waals surface area contributed by atoms with E-state index >= 15 is 0 Å². The monoisotopic (exact) mass is 306 g/mol. The van der Waals surface area contributed by atoms with E-state index in [1.807, 2.05) is 0 Å². The second-order valence-electron chi connectivity index (χ2n) is 5.46. The van der Waals surface area contributed by atoms with E-state index in [1.54, 1.807) is 6.92 Å². The molecule has 116 valence electrons.